The Hall–Kier alpha value is -3.14. The van der Waals surface area contributed by atoms with Crippen LogP contribution in [0.1, 0.15) is 43.0 Å². The molecule has 0 heterocycles. The van der Waals surface area contributed by atoms with Crippen molar-refractivity contribution in [2.75, 3.05) is 6.61 Å². The van der Waals surface area contributed by atoms with Gasteiger partial charge in [0.2, 0.25) is 10.0 Å². The van der Waals surface area contributed by atoms with Crippen molar-refractivity contribution in [1.82, 2.24) is 4.31 Å². The Morgan fingerprint density at radius 1 is 0.935 bits per heavy atom. The maximum absolute atomic E-state index is 13.7. The number of rotatable bonds is 9. The summed E-state index contributed by atoms with van der Waals surface area (Å²) in [5, 5.41) is 9.06. The first-order chi connectivity index (χ1) is 15.0. The minimum absolute atomic E-state index is 0.203. The van der Waals surface area contributed by atoms with Gasteiger partial charge in [-0.2, -0.15) is 9.57 Å². The minimum Gasteiger partial charge on any atom is -0.494 e. The third-order valence-corrected chi connectivity index (χ3v) is 6.95. The Balaban J connectivity index is 2.03. The zero-order valence-electron chi connectivity index (χ0n) is 17.7. The molecule has 1 atom stereocenters. The predicted octanol–water partition coefficient (Wildman–Crippen LogP) is 5.30. The van der Waals surface area contributed by atoms with Crippen LogP contribution in [0.15, 0.2) is 83.8 Å². The Labute approximate surface area is 184 Å². The summed E-state index contributed by atoms with van der Waals surface area (Å²) in [4.78, 5) is 0.221. The van der Waals surface area contributed by atoms with Crippen LogP contribution in [0.2, 0.25) is 0 Å². The Morgan fingerprint density at radius 3 is 2.13 bits per heavy atom. The van der Waals surface area contributed by atoms with Crippen LogP contribution in [-0.4, -0.2) is 19.3 Å². The predicted molar refractivity (Wildman–Crippen MR) is 121 cm³/mol. The maximum Gasteiger partial charge on any atom is 0.243 e. The summed E-state index contributed by atoms with van der Waals surface area (Å²) in [6.45, 7) is 4.59. The molecular weight excluding hydrogens is 408 g/mol. The Bertz CT molecular complexity index is 1120. The second-order valence-corrected chi connectivity index (χ2v) is 8.99. The molecule has 0 fully saturated rings. The molecule has 3 aromatic carbocycles. The fraction of sp³-hybridized carbons (Fsp3) is 0.240. The molecule has 0 spiro atoms. The van der Waals surface area contributed by atoms with Crippen LogP contribution < -0.4 is 4.74 Å². The van der Waals surface area contributed by atoms with Crippen molar-refractivity contribution < 1.29 is 13.2 Å². The molecule has 0 saturated carbocycles. The lowest BCUT2D eigenvalue weighted by Crippen LogP contribution is -2.34. The highest BCUT2D eigenvalue weighted by atomic mass is 32.2. The first-order valence-electron chi connectivity index (χ1n) is 10.3. The van der Waals surface area contributed by atoms with Crippen LogP contribution in [0, 0.1) is 11.3 Å². The lowest BCUT2D eigenvalue weighted by atomic mass is 10.0. The number of hydrogen-bond donors (Lipinski definition) is 0. The summed E-state index contributed by atoms with van der Waals surface area (Å²) in [6, 6.07) is 25.0. The van der Waals surface area contributed by atoms with E-state index in [1.54, 1.807) is 52.8 Å². The molecule has 0 aliphatic heterocycles. The number of ether oxygens (including phenoxy) is 1. The first kappa shape index (κ1) is 22.5. The van der Waals surface area contributed by atoms with Crippen molar-refractivity contribution in [2.24, 2.45) is 0 Å². The van der Waals surface area contributed by atoms with Gasteiger partial charge >= 0.3 is 0 Å². The second kappa shape index (κ2) is 10.3. The molecule has 3 aromatic rings. The molecule has 5 nitrogen and oxygen atoms in total. The van der Waals surface area contributed by atoms with Crippen molar-refractivity contribution >= 4 is 10.0 Å². The topological polar surface area (TPSA) is 70.4 Å². The van der Waals surface area contributed by atoms with Gasteiger partial charge in [0.1, 0.15) is 5.75 Å². The number of nitrogens with zero attached hydrogens (tertiary/aromatic N) is 2. The summed E-state index contributed by atoms with van der Waals surface area (Å²) in [5.41, 5.74) is 2.30. The van der Waals surface area contributed by atoms with Gasteiger partial charge in [0.25, 0.3) is 0 Å². The highest BCUT2D eigenvalue weighted by molar-refractivity contribution is 7.89. The van der Waals surface area contributed by atoms with Gasteiger partial charge in [0.15, 0.2) is 0 Å². The van der Waals surface area contributed by atoms with E-state index in [0.29, 0.717) is 24.3 Å². The minimum atomic E-state index is -3.79. The van der Waals surface area contributed by atoms with E-state index < -0.39 is 10.0 Å². The Kier molecular flexibility index (Phi) is 7.45. The summed E-state index contributed by atoms with van der Waals surface area (Å²) < 4.78 is 34.5. The molecule has 0 radical (unpaired) electrons. The number of hydrogen-bond acceptors (Lipinski definition) is 4. The fourth-order valence-electron chi connectivity index (χ4n) is 3.52. The van der Waals surface area contributed by atoms with Crippen molar-refractivity contribution in [3.8, 4) is 11.8 Å². The van der Waals surface area contributed by atoms with E-state index in [9.17, 15) is 8.42 Å². The average Bonchev–Trinajstić information content (AvgIpc) is 2.80. The van der Waals surface area contributed by atoms with Gasteiger partial charge in [-0.15, -0.1) is 0 Å². The molecule has 0 saturated heterocycles. The molecule has 160 valence electrons. The van der Waals surface area contributed by atoms with E-state index in [-0.39, 0.29) is 17.5 Å². The molecule has 31 heavy (non-hydrogen) atoms. The Morgan fingerprint density at radius 2 is 1.58 bits per heavy atom. The van der Waals surface area contributed by atoms with Crippen molar-refractivity contribution in [3.63, 3.8) is 0 Å². The van der Waals surface area contributed by atoms with Crippen LogP contribution in [0.5, 0.6) is 5.75 Å². The third-order valence-electron chi connectivity index (χ3n) is 5.08. The molecule has 1 unspecified atom stereocenters. The van der Waals surface area contributed by atoms with Gasteiger partial charge in [-0.05, 0) is 60.9 Å². The number of benzene rings is 3. The average molecular weight is 435 g/mol. The van der Waals surface area contributed by atoms with Crippen LogP contribution in [0.25, 0.3) is 0 Å². The first-order valence-corrected chi connectivity index (χ1v) is 11.7. The van der Waals surface area contributed by atoms with Crippen LogP contribution in [-0.2, 0) is 16.6 Å². The normalized spacial score (nSPS) is 12.3. The molecular formula is C25H26N2O3S. The fourth-order valence-corrected chi connectivity index (χ4v) is 5.19. The van der Waals surface area contributed by atoms with Crippen LogP contribution in [0.4, 0.5) is 0 Å². The number of sulfonamides is 1. The lowest BCUT2D eigenvalue weighted by molar-refractivity contribution is 0.309. The van der Waals surface area contributed by atoms with Gasteiger partial charge in [0.05, 0.1) is 29.2 Å². The third kappa shape index (κ3) is 5.32. The van der Waals surface area contributed by atoms with Crippen LogP contribution in [0.3, 0.4) is 0 Å². The standard InChI is InChI=1S/C25H26N2O3S/c1-3-25(22-8-6-5-7-9-22)27(19-21-12-10-20(18-26)11-13-21)31(28,29)24-16-14-23(15-17-24)30-4-2/h5-17,25H,3-4,19H2,1-2H3. The lowest BCUT2D eigenvalue weighted by Gasteiger charge is -2.31. The molecule has 0 bridgehead atoms. The molecule has 3 rings (SSSR count). The van der Waals surface area contributed by atoms with Gasteiger partial charge < -0.3 is 4.74 Å². The maximum atomic E-state index is 13.7. The number of nitriles is 1. The van der Waals surface area contributed by atoms with Gasteiger partial charge in [-0.25, -0.2) is 8.42 Å². The van der Waals surface area contributed by atoms with E-state index in [1.807, 2.05) is 44.2 Å². The van der Waals surface area contributed by atoms with Gasteiger partial charge in [-0.1, -0.05) is 49.4 Å². The second-order valence-electron chi connectivity index (χ2n) is 7.10. The molecule has 0 N–H and O–H groups in total. The van der Waals surface area contributed by atoms with Gasteiger partial charge in [-0.3, -0.25) is 0 Å². The molecule has 0 aliphatic rings. The van der Waals surface area contributed by atoms with Crippen molar-refractivity contribution in [3.05, 3.63) is 95.6 Å². The molecule has 0 aromatic heterocycles. The van der Waals surface area contributed by atoms with E-state index in [2.05, 4.69) is 6.07 Å². The quantitative estimate of drug-likeness (QED) is 0.458. The highest BCUT2D eigenvalue weighted by Crippen LogP contribution is 2.32. The van der Waals surface area contributed by atoms with Crippen LogP contribution >= 0.6 is 0 Å². The smallest absolute Gasteiger partial charge is 0.243 e. The molecule has 0 aliphatic carbocycles. The largest absolute Gasteiger partial charge is 0.494 e. The summed E-state index contributed by atoms with van der Waals surface area (Å²) in [7, 11) is -3.79. The highest BCUT2D eigenvalue weighted by Gasteiger charge is 2.31. The van der Waals surface area contributed by atoms with E-state index in [4.69, 9.17) is 10.00 Å². The van der Waals surface area contributed by atoms with Crippen molar-refractivity contribution in [2.45, 2.75) is 37.8 Å². The summed E-state index contributed by atoms with van der Waals surface area (Å²) >= 11 is 0. The summed E-state index contributed by atoms with van der Waals surface area (Å²) in [6.07, 6.45) is 0.622. The zero-order chi connectivity index (χ0) is 22.3. The van der Waals surface area contributed by atoms with E-state index >= 15 is 0 Å². The molecule has 6 heteroatoms. The zero-order valence-corrected chi connectivity index (χ0v) is 18.5. The van der Waals surface area contributed by atoms with E-state index in [1.165, 1.54) is 0 Å². The van der Waals surface area contributed by atoms with E-state index in [0.717, 1.165) is 11.1 Å². The monoisotopic (exact) mass is 434 g/mol. The molecule has 0 amide bonds. The van der Waals surface area contributed by atoms with Gasteiger partial charge in [0, 0.05) is 6.54 Å². The summed E-state index contributed by atoms with van der Waals surface area (Å²) in [5.74, 6) is 0.634. The van der Waals surface area contributed by atoms with Crippen molar-refractivity contribution in [1.29, 1.82) is 5.26 Å². The SMILES string of the molecule is CCOc1ccc(S(=O)(=O)N(Cc2ccc(C#N)cc2)C(CC)c2ccccc2)cc1.